The SMILES string of the molecule is CSc1ncc(CNC(=O)c2c(C)ccn(-c3ccc4c(c3)OCO4)c2=O)n1C. The molecule has 1 aromatic carbocycles. The number of hydrogen-bond acceptors (Lipinski definition) is 6. The summed E-state index contributed by atoms with van der Waals surface area (Å²) in [4.78, 5) is 30.2. The Morgan fingerprint density at radius 3 is 2.83 bits per heavy atom. The lowest BCUT2D eigenvalue weighted by atomic mass is 10.1. The molecule has 0 bridgehead atoms. The van der Waals surface area contributed by atoms with Gasteiger partial charge in [-0.25, -0.2) is 4.98 Å². The summed E-state index contributed by atoms with van der Waals surface area (Å²) in [6.07, 6.45) is 5.31. The molecule has 0 saturated heterocycles. The van der Waals surface area contributed by atoms with Crippen molar-refractivity contribution in [1.29, 1.82) is 0 Å². The molecule has 0 radical (unpaired) electrons. The Labute approximate surface area is 171 Å². The first-order valence-corrected chi connectivity index (χ1v) is 10.2. The first-order valence-electron chi connectivity index (χ1n) is 8.94. The summed E-state index contributed by atoms with van der Waals surface area (Å²) in [6.45, 7) is 2.18. The Kier molecular flexibility index (Phi) is 5.06. The van der Waals surface area contributed by atoms with Crippen LogP contribution in [0.5, 0.6) is 11.5 Å². The van der Waals surface area contributed by atoms with E-state index in [9.17, 15) is 9.59 Å². The third-order valence-electron chi connectivity index (χ3n) is 4.82. The first kappa shape index (κ1) is 19.1. The molecule has 0 fully saturated rings. The number of aryl methyl sites for hydroxylation is 1. The summed E-state index contributed by atoms with van der Waals surface area (Å²) in [5.74, 6) is 0.781. The normalized spacial score (nSPS) is 12.2. The zero-order valence-corrected chi connectivity index (χ0v) is 17.1. The predicted octanol–water partition coefficient (Wildman–Crippen LogP) is 2.26. The molecule has 1 aliphatic rings. The second kappa shape index (κ2) is 7.67. The van der Waals surface area contributed by atoms with Crippen LogP contribution in [0.2, 0.25) is 0 Å². The highest BCUT2D eigenvalue weighted by Crippen LogP contribution is 2.33. The number of carbonyl (C=O) groups excluding carboxylic acids is 1. The zero-order valence-electron chi connectivity index (χ0n) is 16.3. The molecule has 29 heavy (non-hydrogen) atoms. The fourth-order valence-corrected chi connectivity index (χ4v) is 3.73. The lowest BCUT2D eigenvalue weighted by Gasteiger charge is -2.12. The van der Waals surface area contributed by atoms with Crippen molar-refractivity contribution in [3.05, 3.63) is 63.8 Å². The van der Waals surface area contributed by atoms with Crippen molar-refractivity contribution < 1.29 is 14.3 Å². The van der Waals surface area contributed by atoms with Gasteiger partial charge in [0, 0.05) is 19.3 Å². The van der Waals surface area contributed by atoms with Crippen LogP contribution in [-0.4, -0.2) is 33.1 Å². The van der Waals surface area contributed by atoms with Crippen molar-refractivity contribution in [2.75, 3.05) is 13.0 Å². The zero-order chi connectivity index (χ0) is 20.5. The minimum Gasteiger partial charge on any atom is -0.454 e. The van der Waals surface area contributed by atoms with Crippen molar-refractivity contribution >= 4 is 17.7 Å². The highest BCUT2D eigenvalue weighted by molar-refractivity contribution is 7.98. The molecular formula is C20H20N4O4S. The van der Waals surface area contributed by atoms with E-state index in [1.54, 1.807) is 43.6 Å². The van der Waals surface area contributed by atoms with Crippen molar-refractivity contribution in [3.63, 3.8) is 0 Å². The third-order valence-corrected chi connectivity index (χ3v) is 5.56. The van der Waals surface area contributed by atoms with Crippen molar-refractivity contribution in [2.24, 2.45) is 7.05 Å². The minimum atomic E-state index is -0.422. The van der Waals surface area contributed by atoms with Crippen molar-refractivity contribution in [2.45, 2.75) is 18.6 Å². The molecule has 0 spiro atoms. The van der Waals surface area contributed by atoms with E-state index in [4.69, 9.17) is 9.47 Å². The second-order valence-electron chi connectivity index (χ2n) is 6.56. The Balaban J connectivity index is 1.62. The summed E-state index contributed by atoms with van der Waals surface area (Å²) in [6, 6.07) is 6.97. The molecule has 1 aliphatic heterocycles. The number of hydrogen-bond donors (Lipinski definition) is 1. The van der Waals surface area contributed by atoms with Gasteiger partial charge in [0.2, 0.25) is 6.79 Å². The number of aromatic nitrogens is 3. The van der Waals surface area contributed by atoms with E-state index in [0.29, 0.717) is 22.7 Å². The van der Waals surface area contributed by atoms with Crippen molar-refractivity contribution in [1.82, 2.24) is 19.4 Å². The minimum absolute atomic E-state index is 0.109. The van der Waals surface area contributed by atoms with E-state index in [2.05, 4.69) is 10.3 Å². The standard InChI is InChI=1S/C20H20N4O4S/c1-12-6-7-24(13-4-5-15-16(8-13)28-11-27-15)19(26)17(12)18(25)21-9-14-10-22-20(29-3)23(14)2/h4-8,10H,9,11H2,1-3H3,(H,21,25). The molecule has 3 aromatic rings. The average Bonchev–Trinajstić information content (AvgIpc) is 3.32. The third kappa shape index (κ3) is 3.49. The van der Waals surface area contributed by atoms with Crippen molar-refractivity contribution in [3.8, 4) is 17.2 Å². The number of fused-ring (bicyclic) bond motifs is 1. The Bertz CT molecular complexity index is 1150. The van der Waals surface area contributed by atoms with E-state index < -0.39 is 11.5 Å². The quantitative estimate of drug-likeness (QED) is 0.647. The Morgan fingerprint density at radius 1 is 1.28 bits per heavy atom. The fraction of sp³-hybridized carbons (Fsp3) is 0.250. The van der Waals surface area contributed by atoms with Crippen LogP contribution in [0, 0.1) is 6.92 Å². The molecule has 1 amide bonds. The number of amides is 1. The molecule has 4 rings (SSSR count). The maximum atomic E-state index is 13.1. The Morgan fingerprint density at radius 2 is 2.07 bits per heavy atom. The number of nitrogens with one attached hydrogen (secondary N) is 1. The molecular weight excluding hydrogens is 392 g/mol. The van der Waals surface area contributed by atoms with Gasteiger partial charge in [-0.2, -0.15) is 0 Å². The lowest BCUT2D eigenvalue weighted by Crippen LogP contribution is -2.33. The van der Waals surface area contributed by atoms with E-state index >= 15 is 0 Å². The van der Waals surface area contributed by atoms with Gasteiger partial charge in [-0.3, -0.25) is 14.2 Å². The number of rotatable bonds is 5. The fourth-order valence-electron chi connectivity index (χ4n) is 3.18. The predicted molar refractivity (Wildman–Crippen MR) is 109 cm³/mol. The summed E-state index contributed by atoms with van der Waals surface area (Å²) in [5.41, 5.74) is 1.78. The molecule has 9 heteroatoms. The second-order valence-corrected chi connectivity index (χ2v) is 7.34. The van der Waals surface area contributed by atoms with Crippen LogP contribution in [0.4, 0.5) is 0 Å². The molecule has 0 atom stereocenters. The maximum absolute atomic E-state index is 13.1. The molecule has 8 nitrogen and oxygen atoms in total. The van der Waals surface area contributed by atoms with Gasteiger partial charge in [0.15, 0.2) is 16.7 Å². The van der Waals surface area contributed by atoms with E-state index in [0.717, 1.165) is 10.9 Å². The number of ether oxygens (including phenoxy) is 2. The molecule has 1 N–H and O–H groups in total. The topological polar surface area (TPSA) is 87.4 Å². The number of imidazole rings is 1. The van der Waals surface area contributed by atoms with E-state index in [1.165, 1.54) is 16.3 Å². The van der Waals surface area contributed by atoms with Gasteiger partial charge < -0.3 is 19.4 Å². The number of benzene rings is 1. The van der Waals surface area contributed by atoms with Crippen LogP contribution in [0.1, 0.15) is 21.6 Å². The van der Waals surface area contributed by atoms with Gasteiger partial charge in [0.1, 0.15) is 5.56 Å². The van der Waals surface area contributed by atoms with Crippen LogP contribution < -0.4 is 20.3 Å². The van der Waals surface area contributed by atoms with Gasteiger partial charge in [-0.15, -0.1) is 0 Å². The van der Waals surface area contributed by atoms with Crippen LogP contribution in [0.15, 0.2) is 46.6 Å². The maximum Gasteiger partial charge on any atom is 0.268 e. The number of carbonyl (C=O) groups is 1. The molecule has 2 aromatic heterocycles. The van der Waals surface area contributed by atoms with E-state index in [1.807, 2.05) is 17.9 Å². The number of nitrogens with zero attached hydrogens (tertiary/aromatic N) is 3. The smallest absolute Gasteiger partial charge is 0.268 e. The molecule has 0 saturated carbocycles. The van der Waals surface area contributed by atoms with Crippen LogP contribution >= 0.6 is 11.8 Å². The van der Waals surface area contributed by atoms with E-state index in [-0.39, 0.29) is 18.9 Å². The highest BCUT2D eigenvalue weighted by atomic mass is 32.2. The summed E-state index contributed by atoms with van der Waals surface area (Å²) in [5, 5.41) is 3.69. The molecule has 0 aliphatic carbocycles. The summed E-state index contributed by atoms with van der Waals surface area (Å²) in [7, 11) is 1.89. The summed E-state index contributed by atoms with van der Waals surface area (Å²) < 4.78 is 14.0. The monoisotopic (exact) mass is 412 g/mol. The lowest BCUT2D eigenvalue weighted by molar-refractivity contribution is 0.0947. The molecule has 150 valence electrons. The summed E-state index contributed by atoms with van der Waals surface area (Å²) >= 11 is 1.53. The number of pyridine rings is 1. The van der Waals surface area contributed by atoms with Gasteiger partial charge in [0.25, 0.3) is 11.5 Å². The van der Waals surface area contributed by atoms with Crippen LogP contribution in [0.3, 0.4) is 0 Å². The highest BCUT2D eigenvalue weighted by Gasteiger charge is 2.19. The van der Waals surface area contributed by atoms with Gasteiger partial charge in [-0.05, 0) is 36.9 Å². The van der Waals surface area contributed by atoms with Gasteiger partial charge >= 0.3 is 0 Å². The Hall–Kier alpha value is -3.20. The van der Waals surface area contributed by atoms with Crippen LogP contribution in [-0.2, 0) is 13.6 Å². The van der Waals surface area contributed by atoms with Gasteiger partial charge in [-0.1, -0.05) is 11.8 Å². The number of thioether (sulfide) groups is 1. The average molecular weight is 412 g/mol. The molecule has 3 heterocycles. The van der Waals surface area contributed by atoms with Gasteiger partial charge in [0.05, 0.1) is 24.1 Å². The van der Waals surface area contributed by atoms with Crippen LogP contribution in [0.25, 0.3) is 5.69 Å². The first-order chi connectivity index (χ1) is 14.0. The molecule has 0 unspecified atom stereocenters. The largest absolute Gasteiger partial charge is 0.454 e.